The van der Waals surface area contributed by atoms with E-state index in [4.69, 9.17) is 4.74 Å². The van der Waals surface area contributed by atoms with Crippen LogP contribution in [-0.4, -0.2) is 50.2 Å². The van der Waals surface area contributed by atoms with Crippen LogP contribution in [0.2, 0.25) is 0 Å². The van der Waals surface area contributed by atoms with Gasteiger partial charge in [0.05, 0.1) is 6.10 Å². The third-order valence-corrected chi connectivity index (χ3v) is 2.20. The first kappa shape index (κ1) is 10.5. The number of rotatable bonds is 3. The topological polar surface area (TPSA) is 41.6 Å². The smallest absolute Gasteiger partial charge is 0.250 e. The molecule has 1 saturated heterocycles. The number of carbonyl (C=O) groups excluding carboxylic acids is 1. The molecule has 0 aromatic carbocycles. The molecule has 13 heavy (non-hydrogen) atoms. The lowest BCUT2D eigenvalue weighted by Crippen LogP contribution is -2.36. The van der Waals surface area contributed by atoms with Crippen molar-refractivity contribution in [1.82, 2.24) is 10.2 Å². The third kappa shape index (κ3) is 2.97. The fourth-order valence-corrected chi connectivity index (χ4v) is 1.45. The van der Waals surface area contributed by atoms with Crippen LogP contribution in [0.15, 0.2) is 0 Å². The molecule has 0 aromatic rings. The maximum Gasteiger partial charge on any atom is 0.250 e. The fourth-order valence-electron chi connectivity index (χ4n) is 1.45. The Morgan fingerprint density at radius 3 is 2.77 bits per heavy atom. The average molecular weight is 186 g/mol. The van der Waals surface area contributed by atoms with Gasteiger partial charge >= 0.3 is 0 Å². The predicted octanol–water partition coefficient (Wildman–Crippen LogP) is -0.158. The van der Waals surface area contributed by atoms with E-state index in [1.165, 1.54) is 0 Å². The molecule has 1 aliphatic heterocycles. The lowest BCUT2D eigenvalue weighted by atomic mass is 10.3. The Morgan fingerprint density at radius 1 is 1.62 bits per heavy atom. The highest BCUT2D eigenvalue weighted by Gasteiger charge is 2.22. The summed E-state index contributed by atoms with van der Waals surface area (Å²) in [6.07, 6.45) is 0.893. The second kappa shape index (κ2) is 4.58. The van der Waals surface area contributed by atoms with Gasteiger partial charge in [-0.1, -0.05) is 0 Å². The summed E-state index contributed by atoms with van der Waals surface area (Å²) < 4.78 is 5.58. The van der Waals surface area contributed by atoms with Gasteiger partial charge in [0, 0.05) is 20.6 Å². The zero-order valence-electron chi connectivity index (χ0n) is 8.54. The van der Waals surface area contributed by atoms with Crippen LogP contribution >= 0.6 is 0 Å². The van der Waals surface area contributed by atoms with Crippen LogP contribution in [0.4, 0.5) is 0 Å². The van der Waals surface area contributed by atoms with E-state index in [1.54, 1.807) is 25.9 Å². The average Bonchev–Trinajstić information content (AvgIpc) is 2.55. The standard InChI is InChI=1S/C9H18N2O2/c1-7(9(12)11(2)3)13-8-4-5-10-6-8/h7-8,10H,4-6H2,1-3H3. The summed E-state index contributed by atoms with van der Waals surface area (Å²) in [7, 11) is 3.49. The molecule has 0 radical (unpaired) electrons. The van der Waals surface area contributed by atoms with Crippen LogP contribution in [0.1, 0.15) is 13.3 Å². The van der Waals surface area contributed by atoms with Crippen molar-refractivity contribution in [2.24, 2.45) is 0 Å². The van der Waals surface area contributed by atoms with E-state index in [-0.39, 0.29) is 18.1 Å². The molecule has 2 atom stereocenters. The first-order valence-corrected chi connectivity index (χ1v) is 4.68. The van der Waals surface area contributed by atoms with Gasteiger partial charge in [-0.3, -0.25) is 4.79 Å². The molecular formula is C9H18N2O2. The number of amides is 1. The van der Waals surface area contributed by atoms with Gasteiger partial charge in [0.1, 0.15) is 6.10 Å². The fraction of sp³-hybridized carbons (Fsp3) is 0.889. The van der Waals surface area contributed by atoms with Crippen molar-refractivity contribution in [2.45, 2.75) is 25.6 Å². The molecule has 2 unspecified atom stereocenters. The molecule has 1 fully saturated rings. The van der Waals surface area contributed by atoms with Gasteiger partial charge in [-0.15, -0.1) is 0 Å². The number of hydrogen-bond acceptors (Lipinski definition) is 3. The predicted molar refractivity (Wildman–Crippen MR) is 50.5 cm³/mol. The van der Waals surface area contributed by atoms with Crippen LogP contribution in [0.25, 0.3) is 0 Å². The Morgan fingerprint density at radius 2 is 2.31 bits per heavy atom. The number of likely N-dealkylation sites (N-methyl/N-ethyl adjacent to an activating group) is 1. The normalized spacial score (nSPS) is 24.4. The van der Waals surface area contributed by atoms with E-state index < -0.39 is 0 Å². The maximum absolute atomic E-state index is 11.4. The number of ether oxygens (including phenoxy) is 1. The molecule has 1 amide bonds. The molecular weight excluding hydrogens is 168 g/mol. The van der Waals surface area contributed by atoms with Gasteiger partial charge in [-0.05, 0) is 19.9 Å². The Bertz CT molecular complexity index is 176. The summed E-state index contributed by atoms with van der Waals surface area (Å²) in [6.45, 7) is 3.67. The van der Waals surface area contributed by atoms with Crippen molar-refractivity contribution < 1.29 is 9.53 Å². The molecule has 4 nitrogen and oxygen atoms in total. The number of nitrogens with one attached hydrogen (secondary N) is 1. The Labute approximate surface area is 79.2 Å². The molecule has 0 aromatic heterocycles. The summed E-state index contributed by atoms with van der Waals surface area (Å²) >= 11 is 0. The maximum atomic E-state index is 11.4. The minimum absolute atomic E-state index is 0.0342. The van der Waals surface area contributed by atoms with Crippen LogP contribution < -0.4 is 5.32 Å². The monoisotopic (exact) mass is 186 g/mol. The molecule has 0 spiro atoms. The number of hydrogen-bond donors (Lipinski definition) is 1. The van der Waals surface area contributed by atoms with Crippen molar-refractivity contribution in [2.75, 3.05) is 27.2 Å². The lowest BCUT2D eigenvalue weighted by molar-refractivity contribution is -0.142. The van der Waals surface area contributed by atoms with Crippen molar-refractivity contribution in [1.29, 1.82) is 0 Å². The van der Waals surface area contributed by atoms with E-state index in [0.29, 0.717) is 0 Å². The van der Waals surface area contributed by atoms with Crippen LogP contribution in [0.5, 0.6) is 0 Å². The summed E-state index contributed by atoms with van der Waals surface area (Å²) in [5, 5.41) is 3.20. The van der Waals surface area contributed by atoms with Gasteiger partial charge in [0.15, 0.2) is 0 Å². The van der Waals surface area contributed by atoms with Gasteiger partial charge in [-0.2, -0.15) is 0 Å². The molecule has 1 heterocycles. The van der Waals surface area contributed by atoms with Crippen molar-refractivity contribution >= 4 is 5.91 Å². The first-order chi connectivity index (χ1) is 6.11. The van der Waals surface area contributed by atoms with E-state index in [2.05, 4.69) is 5.32 Å². The largest absolute Gasteiger partial charge is 0.364 e. The van der Waals surface area contributed by atoms with Crippen molar-refractivity contribution in [3.8, 4) is 0 Å². The summed E-state index contributed by atoms with van der Waals surface area (Å²) in [6, 6.07) is 0. The molecule has 1 N–H and O–H groups in total. The quantitative estimate of drug-likeness (QED) is 0.666. The molecule has 1 rings (SSSR count). The van der Waals surface area contributed by atoms with E-state index >= 15 is 0 Å². The third-order valence-electron chi connectivity index (χ3n) is 2.20. The molecule has 0 saturated carbocycles. The molecule has 0 bridgehead atoms. The molecule has 4 heteroatoms. The highest BCUT2D eigenvalue weighted by molar-refractivity contribution is 5.79. The summed E-state index contributed by atoms with van der Waals surface area (Å²) in [5.74, 6) is 0.0342. The van der Waals surface area contributed by atoms with E-state index in [1.807, 2.05) is 0 Å². The Balaban J connectivity index is 2.31. The summed E-state index contributed by atoms with van der Waals surface area (Å²) in [4.78, 5) is 13.0. The van der Waals surface area contributed by atoms with Crippen molar-refractivity contribution in [3.63, 3.8) is 0 Å². The number of carbonyl (C=O) groups is 1. The minimum Gasteiger partial charge on any atom is -0.364 e. The number of nitrogens with zero attached hydrogens (tertiary/aromatic N) is 1. The van der Waals surface area contributed by atoms with Gasteiger partial charge < -0.3 is 15.0 Å². The highest BCUT2D eigenvalue weighted by Crippen LogP contribution is 2.07. The van der Waals surface area contributed by atoms with Gasteiger partial charge in [0.25, 0.3) is 5.91 Å². The van der Waals surface area contributed by atoms with Crippen LogP contribution in [-0.2, 0) is 9.53 Å². The van der Waals surface area contributed by atoms with Gasteiger partial charge in [0.2, 0.25) is 0 Å². The highest BCUT2D eigenvalue weighted by atomic mass is 16.5. The van der Waals surface area contributed by atoms with Crippen LogP contribution in [0.3, 0.4) is 0 Å². The lowest BCUT2D eigenvalue weighted by Gasteiger charge is -2.20. The van der Waals surface area contributed by atoms with Gasteiger partial charge in [-0.25, -0.2) is 0 Å². The van der Waals surface area contributed by atoms with E-state index in [9.17, 15) is 4.79 Å². The summed E-state index contributed by atoms with van der Waals surface area (Å²) in [5.41, 5.74) is 0. The first-order valence-electron chi connectivity index (χ1n) is 4.68. The Kier molecular flexibility index (Phi) is 3.69. The molecule has 76 valence electrons. The molecule has 0 aliphatic carbocycles. The van der Waals surface area contributed by atoms with Crippen molar-refractivity contribution in [3.05, 3.63) is 0 Å². The zero-order chi connectivity index (χ0) is 9.84. The second-order valence-corrected chi connectivity index (χ2v) is 3.63. The van der Waals surface area contributed by atoms with Crippen LogP contribution in [0, 0.1) is 0 Å². The molecule has 1 aliphatic rings. The SMILES string of the molecule is CC(OC1CCNC1)C(=O)N(C)C. The zero-order valence-corrected chi connectivity index (χ0v) is 8.54. The second-order valence-electron chi connectivity index (χ2n) is 3.63. The Hall–Kier alpha value is -0.610. The van der Waals surface area contributed by atoms with E-state index in [0.717, 1.165) is 19.5 Å². The minimum atomic E-state index is -0.320.